The van der Waals surface area contributed by atoms with E-state index in [0.717, 1.165) is 23.4 Å². The third-order valence-corrected chi connectivity index (χ3v) is 5.78. The summed E-state index contributed by atoms with van der Waals surface area (Å²) in [5, 5.41) is 19.9. The molecule has 11 heteroatoms. The van der Waals surface area contributed by atoms with E-state index in [2.05, 4.69) is 15.0 Å². The van der Waals surface area contributed by atoms with Gasteiger partial charge in [0.15, 0.2) is 16.9 Å². The van der Waals surface area contributed by atoms with Crippen LogP contribution in [0.5, 0.6) is 17.5 Å². The molecule has 3 heterocycles. The zero-order valence-corrected chi connectivity index (χ0v) is 17.7. The van der Waals surface area contributed by atoms with Gasteiger partial charge in [0.1, 0.15) is 12.4 Å². The lowest BCUT2D eigenvalue weighted by molar-refractivity contribution is -0.137. The lowest BCUT2D eigenvalue weighted by Crippen LogP contribution is -2.09. The van der Waals surface area contributed by atoms with E-state index in [-0.39, 0.29) is 24.9 Å². The standard InChI is InChI=1S/C21H19F3N4O3S/c1-12-16(25-7-6-17(12)31-9-8-28-18(29)4-5-19(28)30)11-32-20-26-14-3-2-13(21(22,23)24)10-15(14)27-20/h2-7,10,29-30H,8-9,11H2,1H3,(H,26,27). The van der Waals surface area contributed by atoms with Crippen LogP contribution >= 0.6 is 11.8 Å². The van der Waals surface area contributed by atoms with Crippen molar-refractivity contribution < 1.29 is 28.1 Å². The molecule has 0 amide bonds. The molecular formula is C21H19F3N4O3S. The summed E-state index contributed by atoms with van der Waals surface area (Å²) in [6.45, 7) is 2.34. The van der Waals surface area contributed by atoms with Crippen LogP contribution in [-0.4, -0.2) is 36.3 Å². The number of aromatic amines is 1. The summed E-state index contributed by atoms with van der Waals surface area (Å²) in [6, 6.07) is 7.91. The molecule has 0 radical (unpaired) electrons. The van der Waals surface area contributed by atoms with Crippen molar-refractivity contribution >= 4 is 22.8 Å². The Balaban J connectivity index is 1.41. The van der Waals surface area contributed by atoms with Gasteiger partial charge >= 0.3 is 6.18 Å². The van der Waals surface area contributed by atoms with E-state index >= 15 is 0 Å². The molecule has 3 aromatic heterocycles. The zero-order chi connectivity index (χ0) is 22.9. The maximum Gasteiger partial charge on any atom is 0.416 e. The normalized spacial score (nSPS) is 11.9. The molecule has 0 atom stereocenters. The first kappa shape index (κ1) is 21.9. The van der Waals surface area contributed by atoms with Crippen molar-refractivity contribution in [1.82, 2.24) is 19.5 Å². The van der Waals surface area contributed by atoms with Crippen LogP contribution in [0.25, 0.3) is 11.0 Å². The fourth-order valence-electron chi connectivity index (χ4n) is 3.15. The topological polar surface area (TPSA) is 96.2 Å². The average molecular weight is 464 g/mol. The van der Waals surface area contributed by atoms with Gasteiger partial charge in [0, 0.05) is 29.6 Å². The molecule has 0 aliphatic rings. The number of aromatic nitrogens is 4. The SMILES string of the molecule is Cc1c(OCCn2c(O)ccc2O)ccnc1CSc1nc2ccc(C(F)(F)F)cc2[nH]1. The fraction of sp³-hybridized carbons (Fsp3) is 0.238. The number of fused-ring (bicyclic) bond motifs is 1. The Morgan fingerprint density at radius 1 is 1.12 bits per heavy atom. The van der Waals surface area contributed by atoms with Crippen LogP contribution in [0.3, 0.4) is 0 Å². The van der Waals surface area contributed by atoms with Gasteiger partial charge in [-0.05, 0) is 31.2 Å². The van der Waals surface area contributed by atoms with E-state index in [1.165, 1.54) is 34.5 Å². The highest BCUT2D eigenvalue weighted by Crippen LogP contribution is 2.32. The van der Waals surface area contributed by atoms with E-state index in [4.69, 9.17) is 4.74 Å². The number of hydrogen-bond donors (Lipinski definition) is 3. The molecule has 0 bridgehead atoms. The predicted molar refractivity (Wildman–Crippen MR) is 113 cm³/mol. The Labute approximate surface area is 184 Å². The number of aromatic hydroxyl groups is 2. The van der Waals surface area contributed by atoms with Crippen LogP contribution in [0.1, 0.15) is 16.8 Å². The number of halogens is 3. The molecule has 0 unspecified atom stereocenters. The summed E-state index contributed by atoms with van der Waals surface area (Å²) in [5.41, 5.74) is 1.61. The Hall–Kier alpha value is -3.34. The largest absolute Gasteiger partial charge is 0.494 e. The second kappa shape index (κ2) is 8.65. The number of imidazole rings is 1. The minimum Gasteiger partial charge on any atom is -0.494 e. The van der Waals surface area contributed by atoms with Crippen molar-refractivity contribution in [2.45, 2.75) is 30.6 Å². The van der Waals surface area contributed by atoms with Gasteiger partial charge in [0.25, 0.3) is 0 Å². The van der Waals surface area contributed by atoms with Crippen LogP contribution in [0.4, 0.5) is 13.2 Å². The van der Waals surface area contributed by atoms with Gasteiger partial charge < -0.3 is 19.9 Å². The van der Waals surface area contributed by atoms with Gasteiger partial charge in [-0.15, -0.1) is 0 Å². The highest BCUT2D eigenvalue weighted by molar-refractivity contribution is 7.98. The van der Waals surface area contributed by atoms with Crippen molar-refractivity contribution in [2.24, 2.45) is 0 Å². The molecule has 4 rings (SSSR count). The first-order chi connectivity index (χ1) is 15.2. The van der Waals surface area contributed by atoms with Gasteiger partial charge in [0.05, 0.1) is 28.8 Å². The number of benzene rings is 1. The summed E-state index contributed by atoms with van der Waals surface area (Å²) in [4.78, 5) is 11.6. The van der Waals surface area contributed by atoms with Crippen molar-refractivity contribution in [3.8, 4) is 17.5 Å². The molecule has 0 aliphatic heterocycles. The van der Waals surface area contributed by atoms with Crippen LogP contribution in [0.2, 0.25) is 0 Å². The Bertz CT molecular complexity index is 1230. The van der Waals surface area contributed by atoms with Gasteiger partial charge in [-0.3, -0.25) is 9.55 Å². The number of H-pyrrole nitrogens is 1. The molecule has 0 fully saturated rings. The van der Waals surface area contributed by atoms with Crippen LogP contribution in [-0.2, 0) is 18.5 Å². The molecule has 168 valence electrons. The fourth-order valence-corrected chi connectivity index (χ4v) is 4.06. The minimum atomic E-state index is -4.41. The molecule has 7 nitrogen and oxygen atoms in total. The average Bonchev–Trinajstić information content (AvgIpc) is 3.30. The van der Waals surface area contributed by atoms with E-state index in [1.54, 1.807) is 12.3 Å². The summed E-state index contributed by atoms with van der Waals surface area (Å²) in [6.07, 6.45) is -2.80. The van der Waals surface area contributed by atoms with Crippen LogP contribution in [0, 0.1) is 6.92 Å². The van der Waals surface area contributed by atoms with Gasteiger partial charge in [-0.25, -0.2) is 4.98 Å². The molecule has 0 aliphatic carbocycles. The maximum absolute atomic E-state index is 12.9. The Morgan fingerprint density at radius 2 is 1.88 bits per heavy atom. The highest BCUT2D eigenvalue weighted by atomic mass is 32.2. The molecule has 4 aromatic rings. The molecule has 0 spiro atoms. The second-order valence-corrected chi connectivity index (χ2v) is 7.95. The van der Waals surface area contributed by atoms with Gasteiger partial charge in [-0.2, -0.15) is 13.2 Å². The van der Waals surface area contributed by atoms with E-state index in [0.29, 0.717) is 27.7 Å². The van der Waals surface area contributed by atoms with Crippen LogP contribution < -0.4 is 4.74 Å². The first-order valence-electron chi connectivity index (χ1n) is 9.57. The molecule has 32 heavy (non-hydrogen) atoms. The second-order valence-electron chi connectivity index (χ2n) is 6.99. The third-order valence-electron chi connectivity index (χ3n) is 4.90. The summed E-state index contributed by atoms with van der Waals surface area (Å²) >= 11 is 1.33. The lowest BCUT2D eigenvalue weighted by Gasteiger charge is -2.13. The maximum atomic E-state index is 12.9. The number of ether oxygens (including phenoxy) is 1. The lowest BCUT2D eigenvalue weighted by atomic mass is 10.2. The Morgan fingerprint density at radius 3 is 2.59 bits per heavy atom. The van der Waals surface area contributed by atoms with Crippen molar-refractivity contribution in [3.05, 3.63) is 59.4 Å². The number of nitrogens with one attached hydrogen (secondary N) is 1. The number of pyridine rings is 1. The highest BCUT2D eigenvalue weighted by Gasteiger charge is 2.30. The quantitative estimate of drug-likeness (QED) is 0.338. The van der Waals surface area contributed by atoms with Crippen molar-refractivity contribution in [3.63, 3.8) is 0 Å². The van der Waals surface area contributed by atoms with Crippen LogP contribution in [0.15, 0.2) is 47.8 Å². The summed E-state index contributed by atoms with van der Waals surface area (Å²) in [5.74, 6) is 0.945. The number of thioether (sulfide) groups is 1. The van der Waals surface area contributed by atoms with Crippen molar-refractivity contribution in [2.75, 3.05) is 6.61 Å². The molecule has 3 N–H and O–H groups in total. The summed E-state index contributed by atoms with van der Waals surface area (Å²) in [7, 11) is 0. The van der Waals surface area contributed by atoms with Gasteiger partial charge in [-0.1, -0.05) is 11.8 Å². The number of rotatable bonds is 7. The third kappa shape index (κ3) is 4.62. The van der Waals surface area contributed by atoms with E-state index in [9.17, 15) is 23.4 Å². The van der Waals surface area contributed by atoms with E-state index in [1.807, 2.05) is 6.92 Å². The van der Waals surface area contributed by atoms with Crippen molar-refractivity contribution in [1.29, 1.82) is 0 Å². The molecular weight excluding hydrogens is 445 g/mol. The number of hydrogen-bond acceptors (Lipinski definition) is 6. The minimum absolute atomic E-state index is 0.0529. The zero-order valence-electron chi connectivity index (χ0n) is 16.8. The predicted octanol–water partition coefficient (Wildman–Crippen LogP) is 4.87. The molecule has 0 saturated carbocycles. The van der Waals surface area contributed by atoms with E-state index < -0.39 is 11.7 Å². The van der Waals surface area contributed by atoms with Gasteiger partial charge in [0.2, 0.25) is 0 Å². The summed E-state index contributed by atoms with van der Waals surface area (Å²) < 4.78 is 45.8. The number of nitrogens with zero attached hydrogens (tertiary/aromatic N) is 3. The molecule has 0 saturated heterocycles. The Kier molecular flexibility index (Phi) is 5.92. The monoisotopic (exact) mass is 464 g/mol. The smallest absolute Gasteiger partial charge is 0.416 e. The number of alkyl halides is 3. The first-order valence-corrected chi connectivity index (χ1v) is 10.6. The molecule has 1 aromatic carbocycles.